The highest BCUT2D eigenvalue weighted by atomic mass is 16.5. The van der Waals surface area contributed by atoms with Gasteiger partial charge >= 0.3 is 0 Å². The Morgan fingerprint density at radius 3 is 2.90 bits per heavy atom. The van der Waals surface area contributed by atoms with Crippen LogP contribution in [-0.2, 0) is 11.3 Å². The Morgan fingerprint density at radius 2 is 2.14 bits per heavy atom. The molecular weight excluding hydrogens is 264 g/mol. The van der Waals surface area contributed by atoms with Crippen molar-refractivity contribution < 1.29 is 4.74 Å². The topological polar surface area (TPSA) is 54.0 Å². The monoisotopic (exact) mass is 286 g/mol. The van der Waals surface area contributed by atoms with Gasteiger partial charge in [0.2, 0.25) is 0 Å². The van der Waals surface area contributed by atoms with Crippen LogP contribution in [0, 0.1) is 0 Å². The quantitative estimate of drug-likeness (QED) is 0.918. The molecule has 1 saturated heterocycles. The number of rotatable bonds is 5. The van der Waals surface area contributed by atoms with Gasteiger partial charge in [-0.1, -0.05) is 18.2 Å². The molecule has 0 aliphatic carbocycles. The first-order valence-electron chi connectivity index (χ1n) is 7.52. The van der Waals surface area contributed by atoms with E-state index >= 15 is 0 Å². The van der Waals surface area contributed by atoms with E-state index in [9.17, 15) is 0 Å². The minimum atomic E-state index is 0.449. The highest BCUT2D eigenvalue weighted by Crippen LogP contribution is 2.27. The van der Waals surface area contributed by atoms with Crippen LogP contribution in [0.4, 0.5) is 0 Å². The molecule has 1 aromatic heterocycles. The number of hydrogen-bond donors (Lipinski definition) is 1. The van der Waals surface area contributed by atoms with Gasteiger partial charge in [-0.25, -0.2) is 4.98 Å². The summed E-state index contributed by atoms with van der Waals surface area (Å²) in [5.41, 5.74) is 2.38. The Hall–Kier alpha value is -1.72. The molecule has 1 aromatic carbocycles. The van der Waals surface area contributed by atoms with Gasteiger partial charge in [-0.15, -0.1) is 0 Å². The number of benzene rings is 1. The number of H-pyrrole nitrogens is 1. The zero-order valence-electron chi connectivity index (χ0n) is 12.7. The maximum absolute atomic E-state index is 5.07. The SMILES string of the molecule is COCc1nc(-c2cccc([C@H](C)N3CCCC3)c2)n[nH]1. The first-order chi connectivity index (χ1) is 10.3. The minimum Gasteiger partial charge on any atom is -0.377 e. The Morgan fingerprint density at radius 1 is 1.33 bits per heavy atom. The van der Waals surface area contributed by atoms with Crippen molar-refractivity contribution in [2.24, 2.45) is 0 Å². The van der Waals surface area contributed by atoms with Crippen LogP contribution in [0.2, 0.25) is 0 Å². The molecule has 0 spiro atoms. The van der Waals surface area contributed by atoms with Crippen molar-refractivity contribution >= 4 is 0 Å². The van der Waals surface area contributed by atoms with Gasteiger partial charge in [0.25, 0.3) is 0 Å². The molecule has 5 nitrogen and oxygen atoms in total. The Bertz CT molecular complexity index is 589. The van der Waals surface area contributed by atoms with Crippen molar-refractivity contribution in [2.45, 2.75) is 32.4 Å². The summed E-state index contributed by atoms with van der Waals surface area (Å²) in [5, 5.41) is 7.19. The zero-order chi connectivity index (χ0) is 14.7. The fourth-order valence-electron chi connectivity index (χ4n) is 2.90. The lowest BCUT2D eigenvalue weighted by molar-refractivity contribution is 0.178. The summed E-state index contributed by atoms with van der Waals surface area (Å²) in [5.74, 6) is 1.49. The number of aromatic amines is 1. The molecule has 2 heterocycles. The molecule has 0 unspecified atom stereocenters. The van der Waals surface area contributed by atoms with Gasteiger partial charge in [0.1, 0.15) is 6.61 Å². The van der Waals surface area contributed by atoms with Gasteiger partial charge in [0.05, 0.1) is 0 Å². The molecule has 3 rings (SSSR count). The number of nitrogens with one attached hydrogen (secondary N) is 1. The van der Waals surface area contributed by atoms with Crippen molar-refractivity contribution in [3.63, 3.8) is 0 Å². The second kappa shape index (κ2) is 6.37. The Balaban J connectivity index is 1.81. The van der Waals surface area contributed by atoms with Gasteiger partial charge in [-0.05, 0) is 44.5 Å². The summed E-state index contributed by atoms with van der Waals surface area (Å²) in [6, 6.07) is 8.98. The third kappa shape index (κ3) is 3.14. The van der Waals surface area contributed by atoms with Crippen molar-refractivity contribution in [2.75, 3.05) is 20.2 Å². The van der Waals surface area contributed by atoms with E-state index in [0.29, 0.717) is 12.6 Å². The lowest BCUT2D eigenvalue weighted by Crippen LogP contribution is -2.23. The van der Waals surface area contributed by atoms with Crippen LogP contribution in [0.5, 0.6) is 0 Å². The fourth-order valence-corrected chi connectivity index (χ4v) is 2.90. The van der Waals surface area contributed by atoms with Crippen LogP contribution in [-0.4, -0.2) is 40.3 Å². The number of nitrogens with zero attached hydrogens (tertiary/aromatic N) is 3. The molecule has 1 atom stereocenters. The number of hydrogen-bond acceptors (Lipinski definition) is 4. The van der Waals surface area contributed by atoms with E-state index in [1.54, 1.807) is 7.11 Å². The average molecular weight is 286 g/mol. The van der Waals surface area contributed by atoms with E-state index in [1.807, 2.05) is 0 Å². The maximum atomic E-state index is 5.07. The van der Waals surface area contributed by atoms with Crippen LogP contribution in [0.3, 0.4) is 0 Å². The molecule has 1 fully saturated rings. The molecule has 0 bridgehead atoms. The lowest BCUT2D eigenvalue weighted by Gasteiger charge is -2.24. The molecule has 0 amide bonds. The van der Waals surface area contributed by atoms with Crippen molar-refractivity contribution in [1.82, 2.24) is 20.1 Å². The number of methoxy groups -OCH3 is 1. The predicted octanol–water partition coefficient (Wildman–Crippen LogP) is 2.77. The Labute approximate surface area is 125 Å². The number of aromatic nitrogens is 3. The first kappa shape index (κ1) is 14.2. The average Bonchev–Trinajstić information content (AvgIpc) is 3.18. The zero-order valence-corrected chi connectivity index (χ0v) is 12.7. The molecule has 0 saturated carbocycles. The summed E-state index contributed by atoms with van der Waals surface area (Å²) in [6.45, 7) is 5.13. The van der Waals surface area contributed by atoms with Crippen molar-refractivity contribution in [3.05, 3.63) is 35.7 Å². The number of likely N-dealkylation sites (tertiary alicyclic amines) is 1. The third-order valence-electron chi connectivity index (χ3n) is 4.13. The van der Waals surface area contributed by atoms with Crippen LogP contribution in [0.25, 0.3) is 11.4 Å². The highest BCUT2D eigenvalue weighted by Gasteiger charge is 2.19. The van der Waals surface area contributed by atoms with E-state index in [2.05, 4.69) is 51.3 Å². The lowest BCUT2D eigenvalue weighted by atomic mass is 10.0. The second-order valence-electron chi connectivity index (χ2n) is 5.58. The largest absolute Gasteiger partial charge is 0.377 e. The first-order valence-corrected chi connectivity index (χ1v) is 7.52. The summed E-state index contributed by atoms with van der Waals surface area (Å²) >= 11 is 0. The molecule has 112 valence electrons. The van der Waals surface area contributed by atoms with Crippen molar-refractivity contribution in [3.8, 4) is 11.4 Å². The molecule has 21 heavy (non-hydrogen) atoms. The van der Waals surface area contributed by atoms with Crippen LogP contribution in [0.1, 0.15) is 37.2 Å². The van der Waals surface area contributed by atoms with Gasteiger partial charge < -0.3 is 4.74 Å². The van der Waals surface area contributed by atoms with Gasteiger partial charge in [-0.2, -0.15) is 5.10 Å². The smallest absolute Gasteiger partial charge is 0.181 e. The van der Waals surface area contributed by atoms with Gasteiger partial charge in [0.15, 0.2) is 11.6 Å². The van der Waals surface area contributed by atoms with Crippen molar-refractivity contribution in [1.29, 1.82) is 0 Å². The minimum absolute atomic E-state index is 0.449. The summed E-state index contributed by atoms with van der Waals surface area (Å²) in [4.78, 5) is 7.00. The van der Waals surface area contributed by atoms with E-state index in [4.69, 9.17) is 4.74 Å². The summed E-state index contributed by atoms with van der Waals surface area (Å²) < 4.78 is 5.07. The van der Waals surface area contributed by atoms with E-state index in [-0.39, 0.29) is 0 Å². The summed E-state index contributed by atoms with van der Waals surface area (Å²) in [7, 11) is 1.65. The molecule has 0 radical (unpaired) electrons. The van der Waals surface area contributed by atoms with E-state index < -0.39 is 0 Å². The van der Waals surface area contributed by atoms with Gasteiger partial charge in [0, 0.05) is 18.7 Å². The number of ether oxygens (including phenoxy) is 1. The van der Waals surface area contributed by atoms with Crippen LogP contribution < -0.4 is 0 Å². The molecular formula is C16H22N4O. The standard InChI is InChI=1S/C16H22N4O/c1-12(20-8-3-4-9-20)13-6-5-7-14(10-13)16-17-15(11-21-2)18-19-16/h5-7,10,12H,3-4,8-9,11H2,1-2H3,(H,17,18,19)/t12-/m0/s1. The molecule has 5 heteroatoms. The molecule has 1 aliphatic rings. The molecule has 1 aliphatic heterocycles. The van der Waals surface area contributed by atoms with E-state index in [0.717, 1.165) is 17.2 Å². The van der Waals surface area contributed by atoms with E-state index in [1.165, 1.54) is 31.5 Å². The van der Waals surface area contributed by atoms with Crippen LogP contribution >= 0.6 is 0 Å². The predicted molar refractivity (Wildman–Crippen MR) is 81.8 cm³/mol. The Kier molecular flexibility index (Phi) is 4.31. The van der Waals surface area contributed by atoms with Gasteiger partial charge in [-0.3, -0.25) is 10.00 Å². The summed E-state index contributed by atoms with van der Waals surface area (Å²) in [6.07, 6.45) is 2.62. The molecule has 1 N–H and O–H groups in total. The van der Waals surface area contributed by atoms with Crippen LogP contribution in [0.15, 0.2) is 24.3 Å². The fraction of sp³-hybridized carbons (Fsp3) is 0.500. The highest BCUT2D eigenvalue weighted by molar-refractivity contribution is 5.56. The maximum Gasteiger partial charge on any atom is 0.181 e. The molecule has 2 aromatic rings. The normalized spacial score (nSPS) is 17.2. The second-order valence-corrected chi connectivity index (χ2v) is 5.58. The third-order valence-corrected chi connectivity index (χ3v) is 4.13.